The van der Waals surface area contributed by atoms with Crippen molar-refractivity contribution in [3.63, 3.8) is 0 Å². The van der Waals surface area contributed by atoms with Crippen LogP contribution in [0.15, 0.2) is 42.5 Å². The van der Waals surface area contributed by atoms with Crippen LogP contribution < -0.4 is 0 Å². The lowest BCUT2D eigenvalue weighted by atomic mass is 10.1. The second kappa shape index (κ2) is 8.64. The number of rotatable bonds is 5. The van der Waals surface area contributed by atoms with Crippen molar-refractivity contribution in [1.29, 1.82) is 0 Å². The van der Waals surface area contributed by atoms with Crippen LogP contribution in [0.5, 0.6) is 0 Å². The summed E-state index contributed by atoms with van der Waals surface area (Å²) in [5.41, 5.74) is 1.26. The van der Waals surface area contributed by atoms with E-state index in [1.54, 1.807) is 12.1 Å². The largest absolute Gasteiger partial charge is 0.341 e. The minimum Gasteiger partial charge on any atom is -0.341 e. The number of hydrogen-bond donors (Lipinski definition) is 0. The summed E-state index contributed by atoms with van der Waals surface area (Å²) in [5.74, 6) is 0.277. The number of carbonyl (C=O) groups is 2. The molecule has 5 nitrogen and oxygen atoms in total. The SMILES string of the molecule is O=C(c1ccc(Cl)s1)N1CCN(C2CCN(CCc3ccccc3)C2=O)CC1. The normalized spacial score (nSPS) is 20.8. The maximum atomic E-state index is 12.9. The summed E-state index contributed by atoms with van der Waals surface area (Å²) < 4.78 is 0.633. The van der Waals surface area contributed by atoms with Gasteiger partial charge < -0.3 is 9.80 Å². The molecular weight excluding hydrogens is 394 g/mol. The van der Waals surface area contributed by atoms with Crippen molar-refractivity contribution in [2.24, 2.45) is 0 Å². The molecule has 148 valence electrons. The van der Waals surface area contributed by atoms with Gasteiger partial charge in [0.2, 0.25) is 5.91 Å². The highest BCUT2D eigenvalue weighted by atomic mass is 35.5. The van der Waals surface area contributed by atoms with E-state index in [4.69, 9.17) is 11.6 Å². The lowest BCUT2D eigenvalue weighted by molar-refractivity contribution is -0.132. The van der Waals surface area contributed by atoms with Crippen LogP contribution in [0, 0.1) is 0 Å². The molecule has 2 amide bonds. The van der Waals surface area contributed by atoms with Crippen LogP contribution in [0.1, 0.15) is 21.7 Å². The van der Waals surface area contributed by atoms with E-state index in [1.807, 2.05) is 28.0 Å². The van der Waals surface area contributed by atoms with Crippen molar-refractivity contribution in [2.45, 2.75) is 18.9 Å². The summed E-state index contributed by atoms with van der Waals surface area (Å²) >= 11 is 7.26. The molecular formula is C21H24ClN3O2S. The maximum Gasteiger partial charge on any atom is 0.264 e. The smallest absolute Gasteiger partial charge is 0.264 e. The Morgan fingerprint density at radius 3 is 2.46 bits per heavy atom. The van der Waals surface area contributed by atoms with E-state index >= 15 is 0 Å². The van der Waals surface area contributed by atoms with Gasteiger partial charge in [0.1, 0.15) is 0 Å². The Kier molecular flexibility index (Phi) is 5.99. The van der Waals surface area contributed by atoms with Crippen molar-refractivity contribution >= 4 is 34.8 Å². The van der Waals surface area contributed by atoms with E-state index < -0.39 is 0 Å². The van der Waals surface area contributed by atoms with Crippen molar-refractivity contribution in [2.75, 3.05) is 39.3 Å². The first-order chi connectivity index (χ1) is 13.6. The lowest BCUT2D eigenvalue weighted by Gasteiger charge is -2.37. The van der Waals surface area contributed by atoms with E-state index in [0.717, 1.165) is 39.0 Å². The molecule has 2 saturated heterocycles. The van der Waals surface area contributed by atoms with E-state index in [1.165, 1.54) is 16.9 Å². The van der Waals surface area contributed by atoms with Gasteiger partial charge in [-0.1, -0.05) is 41.9 Å². The Hall–Kier alpha value is -1.89. The molecule has 0 radical (unpaired) electrons. The molecule has 0 spiro atoms. The number of amides is 2. The summed E-state index contributed by atoms with van der Waals surface area (Å²) in [6, 6.07) is 13.8. The number of likely N-dealkylation sites (tertiary alicyclic amines) is 1. The van der Waals surface area contributed by atoms with Crippen LogP contribution in [0.4, 0.5) is 0 Å². The van der Waals surface area contributed by atoms with Crippen molar-refractivity contribution in [1.82, 2.24) is 14.7 Å². The fourth-order valence-electron chi connectivity index (χ4n) is 4.01. The molecule has 2 aromatic rings. The highest BCUT2D eigenvalue weighted by Crippen LogP contribution is 2.24. The van der Waals surface area contributed by atoms with Gasteiger partial charge in [-0.25, -0.2) is 0 Å². The molecule has 1 unspecified atom stereocenters. The van der Waals surface area contributed by atoms with Gasteiger partial charge in [-0.05, 0) is 30.5 Å². The highest BCUT2D eigenvalue weighted by molar-refractivity contribution is 7.17. The number of halogens is 1. The number of hydrogen-bond acceptors (Lipinski definition) is 4. The molecule has 0 bridgehead atoms. The number of nitrogens with zero attached hydrogens (tertiary/aromatic N) is 3. The summed E-state index contributed by atoms with van der Waals surface area (Å²) in [7, 11) is 0. The fraction of sp³-hybridized carbons (Fsp3) is 0.429. The van der Waals surface area contributed by atoms with Gasteiger partial charge in [0.05, 0.1) is 15.3 Å². The van der Waals surface area contributed by atoms with Gasteiger partial charge in [0.15, 0.2) is 0 Å². The van der Waals surface area contributed by atoms with Gasteiger partial charge in [-0.15, -0.1) is 11.3 Å². The lowest BCUT2D eigenvalue weighted by Crippen LogP contribution is -2.53. The van der Waals surface area contributed by atoms with Crippen LogP contribution in [-0.4, -0.2) is 71.8 Å². The quantitative estimate of drug-likeness (QED) is 0.751. The molecule has 7 heteroatoms. The first-order valence-electron chi connectivity index (χ1n) is 9.73. The minimum atomic E-state index is -0.0378. The maximum absolute atomic E-state index is 12.9. The van der Waals surface area contributed by atoms with Crippen molar-refractivity contribution in [3.05, 3.63) is 57.2 Å². The van der Waals surface area contributed by atoms with Gasteiger partial charge in [-0.3, -0.25) is 14.5 Å². The van der Waals surface area contributed by atoms with Gasteiger partial charge in [0, 0.05) is 39.3 Å². The van der Waals surface area contributed by atoms with Crippen molar-refractivity contribution < 1.29 is 9.59 Å². The molecule has 2 aliphatic rings. The summed E-state index contributed by atoms with van der Waals surface area (Å²) in [5, 5.41) is 0. The predicted octanol–water partition coefficient (Wildman–Crippen LogP) is 3.00. The third kappa shape index (κ3) is 4.24. The average Bonchev–Trinajstić information content (AvgIpc) is 3.32. The Balaban J connectivity index is 1.28. The fourth-order valence-corrected chi connectivity index (χ4v) is 5.02. The highest BCUT2D eigenvalue weighted by Gasteiger charge is 2.37. The molecule has 2 fully saturated rings. The zero-order valence-corrected chi connectivity index (χ0v) is 17.3. The number of benzene rings is 1. The molecule has 3 heterocycles. The number of carbonyl (C=O) groups excluding carboxylic acids is 2. The Morgan fingerprint density at radius 2 is 1.79 bits per heavy atom. The summed E-state index contributed by atoms with van der Waals surface area (Å²) in [4.78, 5) is 32.2. The molecule has 2 aliphatic heterocycles. The third-order valence-corrected chi connectivity index (χ3v) is 6.83. The second-order valence-corrected chi connectivity index (χ2v) is 9.01. The molecule has 1 aromatic carbocycles. The van der Waals surface area contributed by atoms with Gasteiger partial charge >= 0.3 is 0 Å². The van der Waals surface area contributed by atoms with Crippen LogP contribution in [0.3, 0.4) is 0 Å². The molecule has 4 rings (SSSR count). The third-order valence-electron chi connectivity index (χ3n) is 5.61. The summed E-state index contributed by atoms with van der Waals surface area (Å²) in [6.45, 7) is 4.39. The van der Waals surface area contributed by atoms with Gasteiger partial charge in [0.25, 0.3) is 5.91 Å². The van der Waals surface area contributed by atoms with Crippen LogP contribution in [0.2, 0.25) is 4.34 Å². The monoisotopic (exact) mass is 417 g/mol. The second-order valence-electron chi connectivity index (χ2n) is 7.30. The van der Waals surface area contributed by atoms with Gasteiger partial charge in [-0.2, -0.15) is 0 Å². The van der Waals surface area contributed by atoms with Crippen molar-refractivity contribution in [3.8, 4) is 0 Å². The number of piperazine rings is 1. The van der Waals surface area contributed by atoms with Crippen LogP contribution in [-0.2, 0) is 11.2 Å². The molecule has 0 aliphatic carbocycles. The summed E-state index contributed by atoms with van der Waals surface area (Å²) in [6.07, 6.45) is 1.77. The molecule has 1 atom stereocenters. The number of thiophene rings is 1. The van der Waals surface area contributed by atoms with E-state index in [9.17, 15) is 9.59 Å². The van der Waals surface area contributed by atoms with E-state index in [2.05, 4.69) is 17.0 Å². The topological polar surface area (TPSA) is 43.9 Å². The Bertz CT molecular complexity index is 833. The molecule has 28 heavy (non-hydrogen) atoms. The minimum absolute atomic E-state index is 0.0378. The van der Waals surface area contributed by atoms with Crippen LogP contribution in [0.25, 0.3) is 0 Å². The van der Waals surface area contributed by atoms with E-state index in [0.29, 0.717) is 22.3 Å². The molecule has 1 aromatic heterocycles. The Morgan fingerprint density at radius 1 is 1.04 bits per heavy atom. The zero-order valence-electron chi connectivity index (χ0n) is 15.7. The first kappa shape index (κ1) is 19.4. The Labute approximate surface area is 174 Å². The molecule has 0 N–H and O–H groups in total. The zero-order chi connectivity index (χ0) is 19.5. The molecule has 0 saturated carbocycles. The first-order valence-corrected chi connectivity index (χ1v) is 10.9. The van der Waals surface area contributed by atoms with Crippen LogP contribution >= 0.6 is 22.9 Å². The predicted molar refractivity (Wildman–Crippen MR) is 112 cm³/mol. The standard InChI is InChI=1S/C21H24ClN3O2S/c22-19-7-6-18(28-19)21(27)25-14-12-23(13-15-25)17-9-11-24(20(17)26)10-8-16-4-2-1-3-5-16/h1-7,17H,8-15H2. The van der Waals surface area contributed by atoms with E-state index in [-0.39, 0.29) is 17.9 Å². The average molecular weight is 418 g/mol.